The Kier molecular flexibility index (Phi) is 6.15. The second-order valence-corrected chi connectivity index (χ2v) is 9.59. The maximum atomic E-state index is 14.0. The third-order valence-electron chi connectivity index (χ3n) is 6.23. The predicted octanol–water partition coefficient (Wildman–Crippen LogP) is 1.60. The van der Waals surface area contributed by atoms with E-state index in [1.165, 1.54) is 25.5 Å². The highest BCUT2D eigenvalue weighted by atomic mass is 32.1. The third kappa shape index (κ3) is 3.88. The van der Waals surface area contributed by atoms with Crippen LogP contribution < -0.4 is 24.5 Å². The first-order chi connectivity index (χ1) is 18.1. The predicted molar refractivity (Wildman–Crippen MR) is 137 cm³/mol. The van der Waals surface area contributed by atoms with Gasteiger partial charge in [0, 0.05) is 19.4 Å². The zero-order valence-electron chi connectivity index (χ0n) is 20.8. The van der Waals surface area contributed by atoms with Crippen LogP contribution in [0.1, 0.15) is 37.9 Å². The van der Waals surface area contributed by atoms with E-state index in [0.717, 1.165) is 16.2 Å². The summed E-state index contributed by atoms with van der Waals surface area (Å²) in [6.45, 7) is 4.20. The van der Waals surface area contributed by atoms with Gasteiger partial charge in [-0.1, -0.05) is 41.7 Å². The Morgan fingerprint density at radius 3 is 2.32 bits per heavy atom. The molecule has 0 saturated carbocycles. The number of benzene rings is 2. The minimum absolute atomic E-state index is 0.101. The molecule has 0 saturated heterocycles. The molecule has 0 aliphatic carbocycles. The first kappa shape index (κ1) is 25.0. The fourth-order valence-electron chi connectivity index (χ4n) is 4.69. The highest BCUT2D eigenvalue weighted by Gasteiger charge is 2.38. The lowest BCUT2D eigenvalue weighted by atomic mass is 9.96. The van der Waals surface area contributed by atoms with Crippen LogP contribution in [0.2, 0.25) is 0 Å². The van der Waals surface area contributed by atoms with Crippen molar-refractivity contribution in [1.82, 2.24) is 4.57 Å². The summed E-state index contributed by atoms with van der Waals surface area (Å²) >= 11 is 1.01. The molecule has 2 aromatic carbocycles. The quantitative estimate of drug-likeness (QED) is 0.371. The molecule has 0 N–H and O–H groups in total. The molecule has 2 aliphatic rings. The lowest BCUT2D eigenvalue weighted by molar-refractivity contribution is -0.136. The fraction of sp³-hybridized carbons (Fsp3) is 0.185. The number of para-hydroxylation sites is 1. The van der Waals surface area contributed by atoms with Crippen molar-refractivity contribution in [3.8, 4) is 5.75 Å². The molecule has 10 nitrogen and oxygen atoms in total. The zero-order valence-corrected chi connectivity index (χ0v) is 21.6. The highest BCUT2D eigenvalue weighted by Crippen LogP contribution is 2.36. The zero-order chi connectivity index (χ0) is 27.3. The number of carbonyl (C=O) groups is 4. The number of fused-ring (bicyclic) bond motifs is 2. The second-order valence-electron chi connectivity index (χ2n) is 8.61. The van der Waals surface area contributed by atoms with Crippen LogP contribution in [-0.4, -0.2) is 35.4 Å². The molecule has 2 aliphatic heterocycles. The van der Waals surface area contributed by atoms with Gasteiger partial charge in [0.15, 0.2) is 4.80 Å². The first-order valence-electron chi connectivity index (χ1n) is 11.5. The summed E-state index contributed by atoms with van der Waals surface area (Å²) < 4.78 is 11.6. The molecule has 1 atom stereocenters. The molecule has 0 radical (unpaired) electrons. The van der Waals surface area contributed by atoms with Gasteiger partial charge in [-0.3, -0.25) is 23.7 Å². The summed E-state index contributed by atoms with van der Waals surface area (Å²) in [6.07, 6.45) is 0. The molecule has 3 heterocycles. The minimum Gasteiger partial charge on any atom is -0.466 e. The van der Waals surface area contributed by atoms with Crippen LogP contribution in [0.4, 0.5) is 5.69 Å². The first-order valence-corrected chi connectivity index (χ1v) is 12.3. The van der Waals surface area contributed by atoms with Crippen LogP contribution in [0.5, 0.6) is 5.75 Å². The molecule has 0 spiro atoms. The average Bonchev–Trinajstić information content (AvgIpc) is 3.35. The van der Waals surface area contributed by atoms with Crippen LogP contribution in [0, 0.1) is 0 Å². The number of thiazole rings is 1. The Hall–Kier alpha value is -4.64. The highest BCUT2D eigenvalue weighted by molar-refractivity contribution is 7.07. The van der Waals surface area contributed by atoms with E-state index in [-0.39, 0.29) is 20.5 Å². The number of rotatable bonds is 3. The van der Waals surface area contributed by atoms with E-state index >= 15 is 0 Å². The number of hydrogen-bond acceptors (Lipinski definition) is 9. The minimum atomic E-state index is -0.921. The number of amides is 2. The summed E-state index contributed by atoms with van der Waals surface area (Å²) in [4.78, 5) is 69.7. The number of methoxy groups -OCH3 is 1. The number of hydrogen-bond donors (Lipinski definition) is 0. The van der Waals surface area contributed by atoms with Crippen LogP contribution in [0.3, 0.4) is 0 Å². The molecule has 0 bridgehead atoms. The number of imide groups is 1. The molecular formula is C27H21N3O7S. The van der Waals surface area contributed by atoms with Gasteiger partial charge < -0.3 is 9.47 Å². The summed E-state index contributed by atoms with van der Waals surface area (Å²) in [7, 11) is 1.24. The van der Waals surface area contributed by atoms with Crippen molar-refractivity contribution in [2.24, 2.45) is 4.99 Å². The number of carbonyl (C=O) groups excluding carboxylic acids is 4. The number of esters is 2. The van der Waals surface area contributed by atoms with Gasteiger partial charge in [0.05, 0.1) is 35.7 Å². The second kappa shape index (κ2) is 9.34. The number of ether oxygens (including phenoxy) is 2. The van der Waals surface area contributed by atoms with Gasteiger partial charge in [-0.25, -0.2) is 14.7 Å². The Balaban J connectivity index is 1.79. The molecule has 192 valence electrons. The molecule has 11 heteroatoms. The van der Waals surface area contributed by atoms with Gasteiger partial charge >= 0.3 is 11.9 Å². The third-order valence-corrected chi connectivity index (χ3v) is 7.29. The van der Waals surface area contributed by atoms with Crippen molar-refractivity contribution in [3.05, 3.63) is 90.6 Å². The molecular weight excluding hydrogens is 510 g/mol. The fourth-order valence-corrected chi connectivity index (χ4v) is 5.83. The molecule has 1 unspecified atom stereocenters. The van der Waals surface area contributed by atoms with Crippen LogP contribution in [0.25, 0.3) is 5.57 Å². The number of nitrogens with zero attached hydrogens (tertiary/aromatic N) is 3. The monoisotopic (exact) mass is 531 g/mol. The van der Waals surface area contributed by atoms with E-state index in [1.54, 1.807) is 55.5 Å². The van der Waals surface area contributed by atoms with Crippen molar-refractivity contribution >= 4 is 46.4 Å². The SMILES string of the molecule is COC(=O)C1=C(C)N=c2s/c(=C3\C(=O)N(C(C)=O)c4ccccc43)c(=O)n2C1c1ccc(OC(C)=O)cc1. The lowest BCUT2D eigenvalue weighted by Crippen LogP contribution is -2.41. The van der Waals surface area contributed by atoms with E-state index in [2.05, 4.69) is 4.99 Å². The normalized spacial score (nSPS) is 17.5. The van der Waals surface area contributed by atoms with E-state index in [1.807, 2.05) is 0 Å². The van der Waals surface area contributed by atoms with Gasteiger partial charge in [-0.05, 0) is 30.7 Å². The average molecular weight is 532 g/mol. The lowest BCUT2D eigenvalue weighted by Gasteiger charge is -2.24. The standard InChI is InChI=1S/C27H21N3O7S/c1-13-20(26(35)36-4)22(16-9-11-17(12-10-16)37-15(3)32)30-25(34)23(38-27(30)28-13)21-18-7-5-6-8-19(18)29(14(2)31)24(21)33/h5-12,22H,1-4H3/b23-21-. The number of aromatic nitrogens is 1. The summed E-state index contributed by atoms with van der Waals surface area (Å²) in [6, 6.07) is 12.2. The molecule has 1 aromatic heterocycles. The van der Waals surface area contributed by atoms with Crippen molar-refractivity contribution in [1.29, 1.82) is 0 Å². The van der Waals surface area contributed by atoms with Crippen LogP contribution in [-0.2, 0) is 23.9 Å². The molecule has 38 heavy (non-hydrogen) atoms. The Morgan fingerprint density at radius 2 is 1.68 bits per heavy atom. The maximum Gasteiger partial charge on any atom is 0.338 e. The summed E-state index contributed by atoms with van der Waals surface area (Å²) in [5.41, 5.74) is 1.47. The summed E-state index contributed by atoms with van der Waals surface area (Å²) in [5, 5.41) is 0. The number of anilines is 1. The van der Waals surface area contributed by atoms with E-state index in [4.69, 9.17) is 9.47 Å². The van der Waals surface area contributed by atoms with Crippen molar-refractivity contribution in [2.75, 3.05) is 12.0 Å². The molecule has 2 amide bonds. The van der Waals surface area contributed by atoms with Crippen molar-refractivity contribution in [2.45, 2.75) is 26.8 Å². The van der Waals surface area contributed by atoms with Crippen molar-refractivity contribution in [3.63, 3.8) is 0 Å². The Morgan fingerprint density at radius 1 is 1.00 bits per heavy atom. The largest absolute Gasteiger partial charge is 0.466 e. The van der Waals surface area contributed by atoms with Crippen molar-refractivity contribution < 1.29 is 28.7 Å². The van der Waals surface area contributed by atoms with Gasteiger partial charge in [0.2, 0.25) is 5.91 Å². The smallest absolute Gasteiger partial charge is 0.338 e. The van der Waals surface area contributed by atoms with E-state index in [9.17, 15) is 24.0 Å². The van der Waals surface area contributed by atoms with Gasteiger partial charge in [-0.2, -0.15) is 0 Å². The van der Waals surface area contributed by atoms with Gasteiger partial charge in [0.25, 0.3) is 11.5 Å². The molecule has 5 rings (SSSR count). The molecule has 0 fully saturated rings. The topological polar surface area (TPSA) is 124 Å². The van der Waals surface area contributed by atoms with Crippen LogP contribution >= 0.6 is 11.3 Å². The van der Waals surface area contributed by atoms with E-state index < -0.39 is 35.4 Å². The summed E-state index contributed by atoms with van der Waals surface area (Å²) in [5.74, 6) is -1.92. The van der Waals surface area contributed by atoms with Gasteiger partial charge in [0.1, 0.15) is 10.3 Å². The Bertz CT molecular complexity index is 1760. The van der Waals surface area contributed by atoms with Gasteiger partial charge in [-0.15, -0.1) is 0 Å². The Labute approximate surface area is 219 Å². The van der Waals surface area contributed by atoms with E-state index in [0.29, 0.717) is 28.3 Å². The number of allylic oxidation sites excluding steroid dienone is 1. The van der Waals surface area contributed by atoms with Crippen LogP contribution in [0.15, 0.2) is 69.6 Å². The maximum absolute atomic E-state index is 14.0. The molecule has 3 aromatic rings.